The van der Waals surface area contributed by atoms with Gasteiger partial charge in [-0.2, -0.15) is 0 Å². The van der Waals surface area contributed by atoms with Crippen LogP contribution in [0.1, 0.15) is 43.4 Å². The average Bonchev–Trinajstić information content (AvgIpc) is 3.22. The maximum atomic E-state index is 14.7. The number of aryl methyl sites for hydroxylation is 1. The Hall–Kier alpha value is -2.20. The van der Waals surface area contributed by atoms with Crippen LogP contribution in [0.25, 0.3) is 11.1 Å². The average molecular weight is 352 g/mol. The fourth-order valence-corrected chi connectivity index (χ4v) is 4.42. The van der Waals surface area contributed by atoms with Crippen molar-refractivity contribution in [3.05, 3.63) is 59.4 Å². The zero-order valence-corrected chi connectivity index (χ0v) is 15.4. The van der Waals surface area contributed by atoms with Gasteiger partial charge < -0.3 is 4.90 Å². The van der Waals surface area contributed by atoms with Crippen molar-refractivity contribution >= 4 is 5.91 Å². The molecule has 0 aliphatic carbocycles. The molecule has 2 aliphatic heterocycles. The fraction of sp³-hybridized carbons (Fsp3) is 0.409. The molecule has 2 aliphatic rings. The van der Waals surface area contributed by atoms with Crippen molar-refractivity contribution in [3.8, 4) is 11.1 Å². The van der Waals surface area contributed by atoms with Gasteiger partial charge in [0.25, 0.3) is 0 Å². The third kappa shape index (κ3) is 2.73. The third-order valence-corrected chi connectivity index (χ3v) is 6.00. The number of carbonyl (C=O) groups excluding carboxylic acids is 1. The van der Waals surface area contributed by atoms with E-state index >= 15 is 0 Å². The van der Waals surface area contributed by atoms with Gasteiger partial charge in [0.15, 0.2) is 0 Å². The van der Waals surface area contributed by atoms with E-state index in [4.69, 9.17) is 0 Å². The summed E-state index contributed by atoms with van der Waals surface area (Å²) in [6.07, 6.45) is 3.35. The summed E-state index contributed by atoms with van der Waals surface area (Å²) >= 11 is 0. The molecule has 0 radical (unpaired) electrons. The van der Waals surface area contributed by atoms with Crippen LogP contribution in [0.5, 0.6) is 0 Å². The van der Waals surface area contributed by atoms with Crippen LogP contribution in [-0.4, -0.2) is 29.9 Å². The van der Waals surface area contributed by atoms with Gasteiger partial charge >= 0.3 is 0 Å². The molecule has 0 aromatic heterocycles. The molecule has 2 saturated heterocycles. The van der Waals surface area contributed by atoms with Gasteiger partial charge in [0, 0.05) is 25.2 Å². The van der Waals surface area contributed by atoms with Crippen molar-refractivity contribution in [1.82, 2.24) is 10.2 Å². The maximum Gasteiger partial charge on any atom is 0.242 e. The van der Waals surface area contributed by atoms with E-state index in [9.17, 15) is 9.18 Å². The predicted octanol–water partition coefficient (Wildman–Crippen LogP) is 4.08. The van der Waals surface area contributed by atoms with Crippen molar-refractivity contribution in [2.45, 2.75) is 44.2 Å². The fourth-order valence-electron chi connectivity index (χ4n) is 4.42. The summed E-state index contributed by atoms with van der Waals surface area (Å²) in [5, 5.41) is 3.59. The minimum atomic E-state index is -0.400. The van der Waals surface area contributed by atoms with E-state index in [0.29, 0.717) is 12.0 Å². The number of halogens is 1. The molecule has 3 nitrogen and oxygen atoms in total. The van der Waals surface area contributed by atoms with Crippen LogP contribution in [0, 0.1) is 5.82 Å². The van der Waals surface area contributed by atoms with Crippen molar-refractivity contribution in [2.75, 3.05) is 13.6 Å². The molecule has 26 heavy (non-hydrogen) atoms. The molecule has 1 amide bonds. The number of amides is 1. The predicted molar refractivity (Wildman–Crippen MR) is 101 cm³/mol. The van der Waals surface area contributed by atoms with Crippen LogP contribution in [-0.2, 0) is 11.2 Å². The number of carbonyl (C=O) groups is 1. The van der Waals surface area contributed by atoms with E-state index in [1.54, 1.807) is 0 Å². The van der Waals surface area contributed by atoms with Gasteiger partial charge in [0.1, 0.15) is 11.4 Å². The number of likely N-dealkylation sites (tertiary alicyclic amines) is 1. The Labute approximate surface area is 154 Å². The standard InChI is InChI=1S/C22H25FN2O/c1-3-15-6-5-9-18(20(15)23)16-7-4-8-17(14-16)19-10-11-22(24-19)12-13-25(2)21(22)26/h4-9,14,19,24H,3,10-13H2,1-2H3/t19-,22+/m0/s1. The van der Waals surface area contributed by atoms with Crippen molar-refractivity contribution < 1.29 is 9.18 Å². The number of hydrogen-bond donors (Lipinski definition) is 1. The zero-order valence-electron chi connectivity index (χ0n) is 15.4. The lowest BCUT2D eigenvalue weighted by atomic mass is 9.95. The van der Waals surface area contributed by atoms with Crippen molar-refractivity contribution in [1.29, 1.82) is 0 Å². The smallest absolute Gasteiger partial charge is 0.242 e. The van der Waals surface area contributed by atoms with Crippen LogP contribution in [0.4, 0.5) is 4.39 Å². The normalized spacial score (nSPS) is 25.4. The molecule has 2 fully saturated rings. The molecule has 4 heteroatoms. The molecule has 1 spiro atoms. The SMILES string of the molecule is CCc1cccc(-c2cccc([C@@H]3CC[C@]4(CCN(C)C4=O)N3)c2)c1F. The molecule has 4 rings (SSSR count). The third-order valence-electron chi connectivity index (χ3n) is 6.00. The number of benzene rings is 2. The second-order valence-corrected chi connectivity index (χ2v) is 7.55. The van der Waals surface area contributed by atoms with Gasteiger partial charge in [-0.1, -0.05) is 43.3 Å². The first-order valence-corrected chi connectivity index (χ1v) is 9.45. The molecule has 136 valence electrons. The Balaban J connectivity index is 1.63. The van der Waals surface area contributed by atoms with E-state index in [0.717, 1.165) is 42.5 Å². The van der Waals surface area contributed by atoms with Gasteiger partial charge in [-0.15, -0.1) is 0 Å². The van der Waals surface area contributed by atoms with Crippen LogP contribution in [0.3, 0.4) is 0 Å². The second-order valence-electron chi connectivity index (χ2n) is 7.55. The highest BCUT2D eigenvalue weighted by molar-refractivity contribution is 5.88. The van der Waals surface area contributed by atoms with Crippen LogP contribution in [0.15, 0.2) is 42.5 Å². The lowest BCUT2D eigenvalue weighted by Crippen LogP contribution is -2.47. The van der Waals surface area contributed by atoms with Gasteiger partial charge in [0.2, 0.25) is 5.91 Å². The summed E-state index contributed by atoms with van der Waals surface area (Å²) in [5.74, 6) is 0.0773. The molecule has 0 bridgehead atoms. The van der Waals surface area contributed by atoms with Crippen LogP contribution in [0.2, 0.25) is 0 Å². The molecule has 2 atom stereocenters. The summed E-state index contributed by atoms with van der Waals surface area (Å²) < 4.78 is 14.7. The van der Waals surface area contributed by atoms with Gasteiger partial charge in [-0.3, -0.25) is 10.1 Å². The van der Waals surface area contributed by atoms with E-state index in [-0.39, 0.29) is 17.8 Å². The number of nitrogens with zero attached hydrogens (tertiary/aromatic N) is 1. The quantitative estimate of drug-likeness (QED) is 0.903. The molecular weight excluding hydrogens is 327 g/mol. The van der Waals surface area contributed by atoms with Crippen LogP contribution >= 0.6 is 0 Å². The molecule has 0 unspecified atom stereocenters. The van der Waals surface area contributed by atoms with Gasteiger partial charge in [-0.25, -0.2) is 4.39 Å². The summed E-state index contributed by atoms with van der Waals surface area (Å²) in [5.41, 5.74) is 3.01. The number of nitrogens with one attached hydrogen (secondary N) is 1. The molecule has 1 N–H and O–H groups in total. The highest BCUT2D eigenvalue weighted by atomic mass is 19.1. The Morgan fingerprint density at radius 2 is 2.04 bits per heavy atom. The topological polar surface area (TPSA) is 32.3 Å². The summed E-state index contributed by atoms with van der Waals surface area (Å²) in [6.45, 7) is 2.78. The molecular formula is C22H25FN2O. The van der Waals surface area contributed by atoms with Crippen molar-refractivity contribution in [3.63, 3.8) is 0 Å². The Morgan fingerprint density at radius 3 is 2.77 bits per heavy atom. The number of likely N-dealkylation sites (N-methyl/N-ethyl adjacent to an activating group) is 1. The lowest BCUT2D eigenvalue weighted by molar-refractivity contribution is -0.131. The Kier molecular flexibility index (Phi) is 4.31. The van der Waals surface area contributed by atoms with Gasteiger partial charge in [0.05, 0.1) is 0 Å². The molecule has 0 saturated carbocycles. The summed E-state index contributed by atoms with van der Waals surface area (Å²) in [6, 6.07) is 13.8. The highest BCUT2D eigenvalue weighted by Gasteiger charge is 2.49. The summed E-state index contributed by atoms with van der Waals surface area (Å²) in [7, 11) is 1.87. The molecule has 2 heterocycles. The van der Waals surface area contributed by atoms with E-state index in [1.807, 2.05) is 49.2 Å². The Bertz CT molecular complexity index is 850. The summed E-state index contributed by atoms with van der Waals surface area (Å²) in [4.78, 5) is 14.3. The monoisotopic (exact) mass is 352 g/mol. The second kappa shape index (κ2) is 6.51. The minimum Gasteiger partial charge on any atom is -0.344 e. The first kappa shape index (κ1) is 17.2. The maximum absolute atomic E-state index is 14.7. The van der Waals surface area contributed by atoms with Gasteiger partial charge in [-0.05, 0) is 48.4 Å². The number of rotatable bonds is 3. The lowest BCUT2D eigenvalue weighted by Gasteiger charge is -2.23. The number of hydrogen-bond acceptors (Lipinski definition) is 2. The first-order valence-electron chi connectivity index (χ1n) is 9.45. The van der Waals surface area contributed by atoms with E-state index in [1.165, 1.54) is 0 Å². The first-order chi connectivity index (χ1) is 12.5. The highest BCUT2D eigenvalue weighted by Crippen LogP contribution is 2.39. The molecule has 2 aromatic rings. The molecule has 2 aromatic carbocycles. The van der Waals surface area contributed by atoms with Crippen molar-refractivity contribution in [2.24, 2.45) is 0 Å². The van der Waals surface area contributed by atoms with E-state index < -0.39 is 5.54 Å². The minimum absolute atomic E-state index is 0.129. The van der Waals surface area contributed by atoms with Crippen LogP contribution < -0.4 is 5.32 Å². The largest absolute Gasteiger partial charge is 0.344 e. The van der Waals surface area contributed by atoms with E-state index in [2.05, 4.69) is 17.4 Å². The Morgan fingerprint density at radius 1 is 1.23 bits per heavy atom. The zero-order chi connectivity index (χ0) is 18.3.